The third-order valence-electron chi connectivity index (χ3n) is 2.78. The molecule has 0 aliphatic rings. The van der Waals surface area contributed by atoms with Gasteiger partial charge >= 0.3 is 11.8 Å². The highest BCUT2D eigenvalue weighted by atomic mass is 16.5. The van der Waals surface area contributed by atoms with Crippen molar-refractivity contribution in [1.29, 1.82) is 0 Å². The minimum absolute atomic E-state index is 0.317. The van der Waals surface area contributed by atoms with E-state index in [0.717, 1.165) is 23.2 Å². The van der Waals surface area contributed by atoms with E-state index in [1.165, 1.54) is 7.11 Å². The maximum Gasteiger partial charge on any atom is 0.313 e. The van der Waals surface area contributed by atoms with Gasteiger partial charge < -0.3 is 15.4 Å². The van der Waals surface area contributed by atoms with Crippen LogP contribution in [0.15, 0.2) is 18.2 Å². The predicted octanol–water partition coefficient (Wildman–Crippen LogP) is 1.26. The summed E-state index contributed by atoms with van der Waals surface area (Å²) in [6, 6.07) is 5.77. The van der Waals surface area contributed by atoms with Gasteiger partial charge in [-0.15, -0.1) is 0 Å². The molecule has 1 aromatic rings. The van der Waals surface area contributed by atoms with Gasteiger partial charge in [0.05, 0.1) is 6.61 Å². The smallest absolute Gasteiger partial charge is 0.313 e. The molecule has 104 valence electrons. The van der Waals surface area contributed by atoms with Gasteiger partial charge in [-0.3, -0.25) is 9.59 Å². The Labute approximate surface area is 113 Å². The van der Waals surface area contributed by atoms with E-state index in [1.807, 2.05) is 32.0 Å². The number of methoxy groups -OCH3 is 1. The molecular formula is C14H20N2O3. The van der Waals surface area contributed by atoms with E-state index in [-0.39, 0.29) is 0 Å². The Bertz CT molecular complexity index is 458. The van der Waals surface area contributed by atoms with E-state index in [1.54, 1.807) is 0 Å². The number of para-hydroxylation sites is 1. The van der Waals surface area contributed by atoms with E-state index < -0.39 is 11.8 Å². The van der Waals surface area contributed by atoms with Gasteiger partial charge in [-0.05, 0) is 24.5 Å². The molecule has 1 aromatic carbocycles. The highest BCUT2D eigenvalue weighted by molar-refractivity contribution is 6.39. The quantitative estimate of drug-likeness (QED) is 0.621. The van der Waals surface area contributed by atoms with E-state index in [0.29, 0.717) is 13.2 Å². The van der Waals surface area contributed by atoms with Gasteiger partial charge in [0.15, 0.2) is 0 Å². The molecule has 0 bridgehead atoms. The molecule has 0 spiro atoms. The van der Waals surface area contributed by atoms with Crippen LogP contribution in [0.1, 0.15) is 18.1 Å². The lowest BCUT2D eigenvalue weighted by atomic mass is 10.1. The number of hydrogen-bond acceptors (Lipinski definition) is 3. The molecule has 0 aliphatic carbocycles. The second-order valence-corrected chi connectivity index (χ2v) is 4.17. The van der Waals surface area contributed by atoms with Crippen molar-refractivity contribution in [2.75, 3.05) is 25.6 Å². The zero-order valence-corrected chi connectivity index (χ0v) is 11.6. The third-order valence-corrected chi connectivity index (χ3v) is 2.78. The van der Waals surface area contributed by atoms with E-state index in [4.69, 9.17) is 4.74 Å². The van der Waals surface area contributed by atoms with Crippen LogP contribution in [0.2, 0.25) is 0 Å². The first-order valence-electron chi connectivity index (χ1n) is 6.26. The number of benzene rings is 1. The van der Waals surface area contributed by atoms with Crippen molar-refractivity contribution in [3.63, 3.8) is 0 Å². The van der Waals surface area contributed by atoms with Crippen molar-refractivity contribution in [2.45, 2.75) is 20.3 Å². The van der Waals surface area contributed by atoms with Crippen molar-refractivity contribution in [1.82, 2.24) is 5.32 Å². The number of hydrogen-bond donors (Lipinski definition) is 2. The number of ether oxygens (including phenoxy) is 1. The highest BCUT2D eigenvalue weighted by Gasteiger charge is 2.15. The van der Waals surface area contributed by atoms with Crippen molar-refractivity contribution in [3.8, 4) is 0 Å². The standard InChI is InChI=1S/C14H20N2O3/c1-4-11-7-5-6-10(2)12(11)16-14(18)13(17)15-8-9-19-3/h5-7H,4,8-9H2,1-3H3,(H,15,17)(H,16,18). The van der Waals surface area contributed by atoms with Crippen LogP contribution in [-0.2, 0) is 20.7 Å². The number of nitrogens with one attached hydrogen (secondary N) is 2. The second kappa shape index (κ2) is 7.53. The molecule has 0 radical (unpaired) electrons. The summed E-state index contributed by atoms with van der Waals surface area (Å²) in [5.41, 5.74) is 2.67. The number of anilines is 1. The molecular weight excluding hydrogens is 244 g/mol. The van der Waals surface area contributed by atoms with Crippen molar-refractivity contribution in [3.05, 3.63) is 29.3 Å². The van der Waals surface area contributed by atoms with Gasteiger partial charge in [-0.2, -0.15) is 0 Å². The van der Waals surface area contributed by atoms with Crippen molar-refractivity contribution < 1.29 is 14.3 Å². The van der Waals surface area contributed by atoms with Crippen LogP contribution >= 0.6 is 0 Å². The normalized spacial score (nSPS) is 10.1. The lowest BCUT2D eigenvalue weighted by molar-refractivity contribution is -0.136. The second-order valence-electron chi connectivity index (χ2n) is 4.17. The zero-order valence-electron chi connectivity index (χ0n) is 11.6. The molecule has 0 unspecified atom stereocenters. The molecule has 2 amide bonds. The van der Waals surface area contributed by atoms with Crippen LogP contribution in [0.5, 0.6) is 0 Å². The van der Waals surface area contributed by atoms with Gasteiger partial charge in [-0.1, -0.05) is 25.1 Å². The third kappa shape index (κ3) is 4.37. The molecule has 0 aromatic heterocycles. The molecule has 0 atom stereocenters. The van der Waals surface area contributed by atoms with Gasteiger partial charge in [0.25, 0.3) is 0 Å². The van der Waals surface area contributed by atoms with Crippen LogP contribution in [0, 0.1) is 6.92 Å². The lowest BCUT2D eigenvalue weighted by Crippen LogP contribution is -2.37. The monoisotopic (exact) mass is 264 g/mol. The Hall–Kier alpha value is -1.88. The number of amides is 2. The zero-order chi connectivity index (χ0) is 14.3. The summed E-state index contributed by atoms with van der Waals surface area (Å²) < 4.78 is 4.80. The van der Waals surface area contributed by atoms with Gasteiger partial charge in [0.1, 0.15) is 0 Å². The number of rotatable bonds is 5. The average molecular weight is 264 g/mol. The minimum Gasteiger partial charge on any atom is -0.383 e. The molecule has 1 rings (SSSR count). The van der Waals surface area contributed by atoms with Crippen LogP contribution < -0.4 is 10.6 Å². The SMILES string of the molecule is CCc1cccc(C)c1NC(=O)C(=O)NCCOC. The molecule has 0 aliphatic heterocycles. The Morgan fingerprint density at radius 3 is 2.63 bits per heavy atom. The van der Waals surface area contributed by atoms with E-state index in [2.05, 4.69) is 10.6 Å². The Morgan fingerprint density at radius 2 is 2.00 bits per heavy atom. The molecule has 5 nitrogen and oxygen atoms in total. The van der Waals surface area contributed by atoms with Crippen LogP contribution in [0.4, 0.5) is 5.69 Å². The van der Waals surface area contributed by atoms with E-state index >= 15 is 0 Å². The molecule has 0 saturated carbocycles. The summed E-state index contributed by atoms with van der Waals surface area (Å²) in [4.78, 5) is 23.3. The largest absolute Gasteiger partial charge is 0.383 e. The lowest BCUT2D eigenvalue weighted by Gasteiger charge is -2.12. The topological polar surface area (TPSA) is 67.4 Å². The molecule has 0 saturated heterocycles. The summed E-state index contributed by atoms with van der Waals surface area (Å²) in [7, 11) is 1.53. The first-order chi connectivity index (χ1) is 9.10. The first-order valence-corrected chi connectivity index (χ1v) is 6.26. The number of aryl methyl sites for hydroxylation is 2. The maximum atomic E-state index is 11.8. The van der Waals surface area contributed by atoms with Crippen LogP contribution in [0.25, 0.3) is 0 Å². The molecule has 19 heavy (non-hydrogen) atoms. The van der Waals surface area contributed by atoms with Crippen LogP contribution in [-0.4, -0.2) is 32.1 Å². The Balaban J connectivity index is 2.69. The number of carbonyl (C=O) groups excluding carboxylic acids is 2. The minimum atomic E-state index is -0.653. The summed E-state index contributed by atoms with van der Waals surface area (Å²) >= 11 is 0. The van der Waals surface area contributed by atoms with Gasteiger partial charge in [0.2, 0.25) is 0 Å². The fourth-order valence-corrected chi connectivity index (χ4v) is 1.72. The Morgan fingerprint density at radius 1 is 1.26 bits per heavy atom. The van der Waals surface area contributed by atoms with Crippen molar-refractivity contribution >= 4 is 17.5 Å². The molecule has 0 fully saturated rings. The van der Waals surface area contributed by atoms with Gasteiger partial charge in [-0.25, -0.2) is 0 Å². The van der Waals surface area contributed by atoms with E-state index in [9.17, 15) is 9.59 Å². The van der Waals surface area contributed by atoms with Crippen molar-refractivity contribution in [2.24, 2.45) is 0 Å². The molecule has 5 heteroatoms. The number of carbonyl (C=O) groups is 2. The Kier molecular flexibility index (Phi) is 6.02. The summed E-state index contributed by atoms with van der Waals surface area (Å²) in [6.07, 6.45) is 0.794. The molecule has 0 heterocycles. The fraction of sp³-hybridized carbons (Fsp3) is 0.429. The maximum absolute atomic E-state index is 11.8. The fourth-order valence-electron chi connectivity index (χ4n) is 1.72. The van der Waals surface area contributed by atoms with Crippen LogP contribution in [0.3, 0.4) is 0 Å². The first kappa shape index (κ1) is 15.2. The highest BCUT2D eigenvalue weighted by Crippen LogP contribution is 2.20. The predicted molar refractivity (Wildman–Crippen MR) is 74.1 cm³/mol. The molecule has 2 N–H and O–H groups in total. The summed E-state index contributed by atoms with van der Waals surface area (Å²) in [6.45, 7) is 4.60. The summed E-state index contributed by atoms with van der Waals surface area (Å²) in [5.74, 6) is -1.30. The van der Waals surface area contributed by atoms with Gasteiger partial charge in [0, 0.05) is 19.3 Å². The average Bonchev–Trinajstić information content (AvgIpc) is 2.41. The summed E-state index contributed by atoms with van der Waals surface area (Å²) in [5, 5.41) is 5.15.